The van der Waals surface area contributed by atoms with Gasteiger partial charge in [0, 0.05) is 77.8 Å². The highest BCUT2D eigenvalue weighted by Gasteiger charge is 2.17. The molecule has 1 heterocycles. The fraction of sp³-hybridized carbons (Fsp3) is 0.714. The van der Waals surface area contributed by atoms with E-state index in [-0.39, 0.29) is 0 Å². The van der Waals surface area contributed by atoms with Crippen LogP contribution in [0.2, 0.25) is 0 Å². The van der Waals surface area contributed by atoms with E-state index in [4.69, 9.17) is 4.74 Å². The van der Waals surface area contributed by atoms with Crippen molar-refractivity contribution < 1.29 is 9.84 Å². The van der Waals surface area contributed by atoms with Gasteiger partial charge in [0.25, 0.3) is 0 Å². The molecule has 30 heavy (non-hydrogen) atoms. The van der Waals surface area contributed by atoms with Crippen LogP contribution in [0.25, 0.3) is 0 Å². The fourth-order valence-electron chi connectivity index (χ4n) is 3.55. The number of nitrogens with zero attached hydrogens (tertiary/aromatic N) is 4. The number of aliphatic hydroxyl groups excluding tert-OH is 1. The first-order valence-electron chi connectivity index (χ1n) is 10.9. The molecule has 0 aliphatic carbocycles. The van der Waals surface area contributed by atoms with Gasteiger partial charge in [-0.15, -0.1) is 27.7 Å². The van der Waals surface area contributed by atoms with E-state index in [2.05, 4.69) is 59.5 Å². The Labute approximate surface area is 190 Å². The number of hydrogen-bond donors (Lipinski definition) is 1. The average Bonchev–Trinajstić information content (AvgIpc) is 2.76. The molecule has 1 aromatic carbocycles. The standard InChI is InChI=1S/C21H41N4O2P3/c26-21(16-27-15-20-4-2-1-3-5-20)14-22-6-8-23(17-28)10-12-25(19-30)13-11-24(18-29)9-7-22/h1-5,21,26H,6-19,28-30H2. The highest BCUT2D eigenvalue weighted by molar-refractivity contribution is 7.16. The van der Waals surface area contributed by atoms with Crippen molar-refractivity contribution >= 4 is 27.7 Å². The number of hydrogen-bond acceptors (Lipinski definition) is 6. The van der Waals surface area contributed by atoms with Crippen LogP contribution in [0, 0.1) is 0 Å². The van der Waals surface area contributed by atoms with Gasteiger partial charge in [-0.1, -0.05) is 30.3 Å². The molecule has 0 radical (unpaired) electrons. The van der Waals surface area contributed by atoms with Crippen molar-refractivity contribution in [2.75, 3.05) is 84.4 Å². The summed E-state index contributed by atoms with van der Waals surface area (Å²) in [6.07, 6.45) is 2.53. The summed E-state index contributed by atoms with van der Waals surface area (Å²) >= 11 is 0. The number of β-amino-alcohol motifs (C(OH)–C–C–N with tert-alkyl or cyclic N) is 1. The first-order valence-corrected chi connectivity index (χ1v) is 13.4. The summed E-state index contributed by atoms with van der Waals surface area (Å²) in [6, 6.07) is 10.1. The molecule has 0 amide bonds. The van der Waals surface area contributed by atoms with Crippen LogP contribution in [-0.2, 0) is 11.3 Å². The minimum absolute atomic E-state index is 0.370. The Kier molecular flexibility index (Phi) is 14.1. The van der Waals surface area contributed by atoms with Crippen molar-refractivity contribution in [3.05, 3.63) is 35.9 Å². The van der Waals surface area contributed by atoms with E-state index in [0.717, 1.165) is 76.8 Å². The van der Waals surface area contributed by atoms with Crippen LogP contribution in [0.5, 0.6) is 0 Å². The van der Waals surface area contributed by atoms with Crippen LogP contribution in [0.1, 0.15) is 5.56 Å². The lowest BCUT2D eigenvalue weighted by Crippen LogP contribution is -2.47. The molecule has 2 rings (SSSR count). The Morgan fingerprint density at radius 3 is 1.60 bits per heavy atom. The molecule has 1 aliphatic rings. The zero-order valence-electron chi connectivity index (χ0n) is 18.2. The maximum atomic E-state index is 10.6. The molecule has 172 valence electrons. The van der Waals surface area contributed by atoms with Crippen LogP contribution in [0.3, 0.4) is 0 Å². The molecule has 1 aromatic rings. The van der Waals surface area contributed by atoms with Crippen molar-refractivity contribution in [1.82, 2.24) is 19.6 Å². The molecule has 4 atom stereocenters. The first-order chi connectivity index (χ1) is 14.6. The van der Waals surface area contributed by atoms with Gasteiger partial charge in [0.15, 0.2) is 0 Å². The molecule has 1 fully saturated rings. The summed E-state index contributed by atoms with van der Waals surface area (Å²) in [4.78, 5) is 9.88. The lowest BCUT2D eigenvalue weighted by molar-refractivity contribution is 0.00714. The lowest BCUT2D eigenvalue weighted by Gasteiger charge is -2.33. The highest BCUT2D eigenvalue weighted by Crippen LogP contribution is 2.06. The number of rotatable bonds is 9. The predicted molar refractivity (Wildman–Crippen MR) is 137 cm³/mol. The molecule has 9 heteroatoms. The highest BCUT2D eigenvalue weighted by atomic mass is 31.0. The van der Waals surface area contributed by atoms with E-state index in [1.54, 1.807) is 0 Å². The largest absolute Gasteiger partial charge is 0.389 e. The third-order valence-electron chi connectivity index (χ3n) is 5.60. The summed E-state index contributed by atoms with van der Waals surface area (Å²) in [5.74, 6) is 0. The van der Waals surface area contributed by atoms with Crippen LogP contribution < -0.4 is 0 Å². The molecular weight excluding hydrogens is 433 g/mol. The number of ether oxygens (including phenoxy) is 1. The van der Waals surface area contributed by atoms with E-state index in [1.165, 1.54) is 0 Å². The summed E-state index contributed by atoms with van der Waals surface area (Å²) in [6.45, 7) is 9.90. The molecule has 1 N–H and O–H groups in total. The van der Waals surface area contributed by atoms with Crippen LogP contribution in [0.15, 0.2) is 30.3 Å². The number of benzene rings is 1. The summed E-state index contributed by atoms with van der Waals surface area (Å²) in [7, 11) is 8.60. The van der Waals surface area contributed by atoms with E-state index < -0.39 is 6.10 Å². The third-order valence-corrected chi connectivity index (χ3v) is 7.14. The Morgan fingerprint density at radius 1 is 0.733 bits per heavy atom. The molecule has 0 aromatic heterocycles. The minimum Gasteiger partial charge on any atom is -0.389 e. The third kappa shape index (κ3) is 10.7. The van der Waals surface area contributed by atoms with Gasteiger partial charge in [0.05, 0.1) is 19.3 Å². The van der Waals surface area contributed by atoms with Gasteiger partial charge < -0.3 is 9.84 Å². The molecule has 6 nitrogen and oxygen atoms in total. The second-order valence-electron chi connectivity index (χ2n) is 7.86. The van der Waals surface area contributed by atoms with Crippen LogP contribution in [-0.4, -0.2) is 115 Å². The van der Waals surface area contributed by atoms with Gasteiger partial charge in [0.1, 0.15) is 0 Å². The van der Waals surface area contributed by atoms with E-state index >= 15 is 0 Å². The zero-order valence-corrected chi connectivity index (χ0v) is 21.7. The van der Waals surface area contributed by atoms with E-state index in [9.17, 15) is 5.11 Å². The Balaban J connectivity index is 1.85. The van der Waals surface area contributed by atoms with E-state index in [0.29, 0.717) is 19.8 Å². The summed E-state index contributed by atoms with van der Waals surface area (Å²) in [5, 5.41) is 10.6. The van der Waals surface area contributed by atoms with Gasteiger partial charge in [-0.2, -0.15) is 0 Å². The summed E-state index contributed by atoms with van der Waals surface area (Å²) < 4.78 is 5.76. The SMILES string of the molecule is OC(COCc1ccccc1)CN1CCN(CP)CCN(CP)CCN(CP)CC1. The Bertz CT molecular complexity index is 538. The Hall–Kier alpha value is 0.270. The second-order valence-corrected chi connectivity index (χ2v) is 8.95. The second kappa shape index (κ2) is 16.0. The zero-order chi connectivity index (χ0) is 21.6. The maximum absolute atomic E-state index is 10.6. The smallest absolute Gasteiger partial charge is 0.0900 e. The monoisotopic (exact) mass is 474 g/mol. The minimum atomic E-state index is -0.469. The molecule has 1 saturated heterocycles. The molecule has 1 aliphatic heterocycles. The van der Waals surface area contributed by atoms with Crippen molar-refractivity contribution in [3.63, 3.8) is 0 Å². The first kappa shape index (κ1) is 26.5. The van der Waals surface area contributed by atoms with Crippen molar-refractivity contribution in [1.29, 1.82) is 0 Å². The quantitative estimate of drug-likeness (QED) is 0.545. The van der Waals surface area contributed by atoms with Gasteiger partial charge in [-0.05, 0) is 5.56 Å². The maximum Gasteiger partial charge on any atom is 0.0900 e. The van der Waals surface area contributed by atoms with Gasteiger partial charge in [0.2, 0.25) is 0 Å². The molecular formula is C21H41N4O2P3. The predicted octanol–water partition coefficient (Wildman–Crippen LogP) is 1.28. The van der Waals surface area contributed by atoms with Crippen molar-refractivity contribution in [2.45, 2.75) is 12.7 Å². The normalized spacial score (nSPS) is 20.5. The Morgan fingerprint density at radius 2 is 1.17 bits per heavy atom. The number of aliphatic hydroxyl groups is 1. The molecule has 0 spiro atoms. The van der Waals surface area contributed by atoms with Crippen LogP contribution >= 0.6 is 27.7 Å². The summed E-state index contributed by atoms with van der Waals surface area (Å²) in [5.41, 5.74) is 1.14. The molecule has 0 saturated carbocycles. The van der Waals surface area contributed by atoms with E-state index in [1.807, 2.05) is 18.2 Å². The topological polar surface area (TPSA) is 42.4 Å². The lowest BCUT2D eigenvalue weighted by atomic mass is 10.2. The van der Waals surface area contributed by atoms with Crippen molar-refractivity contribution in [2.24, 2.45) is 0 Å². The van der Waals surface area contributed by atoms with Gasteiger partial charge in [-0.3, -0.25) is 19.6 Å². The fourth-order valence-corrected chi connectivity index (χ4v) is 4.64. The van der Waals surface area contributed by atoms with Crippen molar-refractivity contribution in [3.8, 4) is 0 Å². The van der Waals surface area contributed by atoms with Gasteiger partial charge in [-0.25, -0.2) is 0 Å². The average molecular weight is 475 g/mol. The van der Waals surface area contributed by atoms with Gasteiger partial charge >= 0.3 is 0 Å². The van der Waals surface area contributed by atoms with Crippen LogP contribution in [0.4, 0.5) is 0 Å². The molecule has 4 unspecified atom stereocenters. The molecule has 0 bridgehead atoms.